The van der Waals surface area contributed by atoms with Crippen LogP contribution in [0.3, 0.4) is 0 Å². The second kappa shape index (κ2) is 11.4. The van der Waals surface area contributed by atoms with Gasteiger partial charge in [0, 0.05) is 58.2 Å². The lowest BCUT2D eigenvalue weighted by Gasteiger charge is -2.14. The maximum Gasteiger partial charge on any atom is 0.253 e. The minimum atomic E-state index is 0.0189. The molecule has 1 aliphatic heterocycles. The van der Waals surface area contributed by atoms with Gasteiger partial charge in [0.2, 0.25) is 0 Å². The van der Waals surface area contributed by atoms with Gasteiger partial charge in [-0.2, -0.15) is 0 Å². The van der Waals surface area contributed by atoms with Crippen molar-refractivity contribution in [1.82, 2.24) is 15.5 Å². The van der Waals surface area contributed by atoms with E-state index in [9.17, 15) is 4.79 Å². The third-order valence-corrected chi connectivity index (χ3v) is 5.06. The van der Waals surface area contributed by atoms with Crippen LogP contribution in [0, 0.1) is 5.92 Å². The van der Waals surface area contributed by atoms with Crippen LogP contribution in [0.15, 0.2) is 52.1 Å². The van der Waals surface area contributed by atoms with Gasteiger partial charge in [0.15, 0.2) is 5.96 Å². The molecule has 7 nitrogen and oxygen atoms in total. The number of carbonyl (C=O) groups is 1. The zero-order chi connectivity index (χ0) is 21.2. The summed E-state index contributed by atoms with van der Waals surface area (Å²) in [5.74, 6) is 2.26. The number of guanidine groups is 1. The minimum absolute atomic E-state index is 0.0189. The van der Waals surface area contributed by atoms with E-state index in [0.29, 0.717) is 11.5 Å². The fourth-order valence-electron chi connectivity index (χ4n) is 3.32. The van der Waals surface area contributed by atoms with E-state index in [1.165, 1.54) is 0 Å². The highest BCUT2D eigenvalue weighted by Gasteiger charge is 2.15. The van der Waals surface area contributed by atoms with E-state index in [-0.39, 0.29) is 5.91 Å². The Labute approximate surface area is 178 Å². The monoisotopic (exact) mass is 412 g/mol. The lowest BCUT2D eigenvalue weighted by Crippen LogP contribution is -2.39. The molecule has 2 heterocycles. The van der Waals surface area contributed by atoms with Crippen molar-refractivity contribution < 1.29 is 13.9 Å². The van der Waals surface area contributed by atoms with E-state index in [0.717, 1.165) is 69.4 Å². The number of furan rings is 1. The van der Waals surface area contributed by atoms with Crippen molar-refractivity contribution in [3.63, 3.8) is 0 Å². The zero-order valence-electron chi connectivity index (χ0n) is 17.9. The van der Waals surface area contributed by atoms with Gasteiger partial charge in [-0.3, -0.25) is 9.79 Å². The second-order valence-corrected chi connectivity index (χ2v) is 7.75. The average molecular weight is 413 g/mol. The number of amides is 1. The SMILES string of the molecule is CN(C)C(=O)c1cccc(CCNC(=NCC2CCOC2)NCCc2ccco2)c1. The molecule has 1 amide bonds. The standard InChI is InChI=1S/C23H32N4O3/c1-27(2)22(28)20-6-3-5-18(15-20)8-11-24-23(26-16-19-10-14-29-17-19)25-12-9-21-7-4-13-30-21/h3-7,13,15,19H,8-12,14,16-17H2,1-2H3,(H2,24,25,26). The Morgan fingerprint density at radius 2 is 2.00 bits per heavy atom. The molecule has 162 valence electrons. The van der Waals surface area contributed by atoms with Gasteiger partial charge in [0.25, 0.3) is 5.91 Å². The van der Waals surface area contributed by atoms with Gasteiger partial charge in [0.05, 0.1) is 12.9 Å². The topological polar surface area (TPSA) is 79.1 Å². The second-order valence-electron chi connectivity index (χ2n) is 7.75. The first-order chi connectivity index (χ1) is 14.6. The number of ether oxygens (including phenoxy) is 1. The van der Waals surface area contributed by atoms with Crippen LogP contribution in [0.5, 0.6) is 0 Å². The van der Waals surface area contributed by atoms with Crippen LogP contribution in [0.4, 0.5) is 0 Å². The Hall–Kier alpha value is -2.80. The van der Waals surface area contributed by atoms with E-state index < -0.39 is 0 Å². The van der Waals surface area contributed by atoms with Crippen molar-refractivity contribution in [3.8, 4) is 0 Å². The number of nitrogens with zero attached hydrogens (tertiary/aromatic N) is 2. The van der Waals surface area contributed by atoms with E-state index in [4.69, 9.17) is 14.1 Å². The fourth-order valence-corrected chi connectivity index (χ4v) is 3.32. The Bertz CT molecular complexity index is 812. The van der Waals surface area contributed by atoms with Crippen molar-refractivity contribution in [2.24, 2.45) is 10.9 Å². The van der Waals surface area contributed by atoms with Crippen LogP contribution in [-0.4, -0.2) is 63.7 Å². The normalized spacial score (nSPS) is 16.5. The van der Waals surface area contributed by atoms with Crippen molar-refractivity contribution in [1.29, 1.82) is 0 Å². The fraction of sp³-hybridized carbons (Fsp3) is 0.478. The number of rotatable bonds is 9. The maximum atomic E-state index is 12.2. The Balaban J connectivity index is 1.52. The van der Waals surface area contributed by atoms with Crippen molar-refractivity contribution >= 4 is 11.9 Å². The van der Waals surface area contributed by atoms with Crippen molar-refractivity contribution in [3.05, 3.63) is 59.5 Å². The summed E-state index contributed by atoms with van der Waals surface area (Å²) in [5, 5.41) is 6.81. The molecule has 0 spiro atoms. The third-order valence-electron chi connectivity index (χ3n) is 5.06. The molecule has 2 N–H and O–H groups in total. The predicted molar refractivity (Wildman–Crippen MR) is 118 cm³/mol. The number of hydrogen-bond donors (Lipinski definition) is 2. The van der Waals surface area contributed by atoms with Crippen molar-refractivity contribution in [2.75, 3.05) is 46.9 Å². The summed E-state index contributed by atoms with van der Waals surface area (Å²) in [7, 11) is 3.53. The van der Waals surface area contributed by atoms with Crippen molar-refractivity contribution in [2.45, 2.75) is 19.3 Å². The van der Waals surface area contributed by atoms with E-state index in [2.05, 4.69) is 10.6 Å². The summed E-state index contributed by atoms with van der Waals surface area (Å²) in [6.45, 7) is 3.84. The van der Waals surface area contributed by atoms with Crippen LogP contribution in [0.25, 0.3) is 0 Å². The summed E-state index contributed by atoms with van der Waals surface area (Å²) in [4.78, 5) is 18.5. The van der Waals surface area contributed by atoms with Gasteiger partial charge >= 0.3 is 0 Å². The highest BCUT2D eigenvalue weighted by atomic mass is 16.5. The zero-order valence-corrected chi connectivity index (χ0v) is 17.9. The summed E-state index contributed by atoms with van der Waals surface area (Å²) in [5.41, 5.74) is 1.83. The molecular weight excluding hydrogens is 380 g/mol. The summed E-state index contributed by atoms with van der Waals surface area (Å²) < 4.78 is 10.8. The Morgan fingerprint density at radius 1 is 1.17 bits per heavy atom. The first kappa shape index (κ1) is 21.9. The summed E-state index contributed by atoms with van der Waals surface area (Å²) in [6.07, 6.45) is 4.36. The molecule has 0 aliphatic carbocycles. The third kappa shape index (κ3) is 6.91. The van der Waals surface area contributed by atoms with E-state index in [1.807, 2.05) is 36.4 Å². The van der Waals surface area contributed by atoms with Gasteiger partial charge in [-0.15, -0.1) is 0 Å². The largest absolute Gasteiger partial charge is 0.469 e. The molecule has 30 heavy (non-hydrogen) atoms. The van der Waals surface area contributed by atoms with Gasteiger partial charge in [-0.25, -0.2) is 0 Å². The first-order valence-corrected chi connectivity index (χ1v) is 10.5. The van der Waals surface area contributed by atoms with Gasteiger partial charge in [-0.05, 0) is 42.7 Å². The van der Waals surface area contributed by atoms with Crippen LogP contribution < -0.4 is 10.6 Å². The number of hydrogen-bond acceptors (Lipinski definition) is 4. The Kier molecular flexibility index (Phi) is 8.32. The molecule has 1 atom stereocenters. The number of benzene rings is 1. The predicted octanol–water partition coefficient (Wildman–Crippen LogP) is 2.34. The lowest BCUT2D eigenvalue weighted by molar-refractivity contribution is 0.0827. The van der Waals surface area contributed by atoms with Crippen LogP contribution >= 0.6 is 0 Å². The molecule has 1 aliphatic rings. The highest BCUT2D eigenvalue weighted by Crippen LogP contribution is 2.12. The summed E-state index contributed by atoms with van der Waals surface area (Å²) in [6, 6.07) is 11.7. The molecule has 0 radical (unpaired) electrons. The van der Waals surface area contributed by atoms with Gasteiger partial charge in [0.1, 0.15) is 5.76 Å². The van der Waals surface area contributed by atoms with Crippen LogP contribution in [0.1, 0.15) is 28.1 Å². The quantitative estimate of drug-likeness (QED) is 0.488. The number of carbonyl (C=O) groups excluding carboxylic acids is 1. The summed E-state index contributed by atoms with van der Waals surface area (Å²) >= 11 is 0. The molecule has 0 saturated carbocycles. The lowest BCUT2D eigenvalue weighted by atomic mass is 10.1. The van der Waals surface area contributed by atoms with E-state index in [1.54, 1.807) is 25.3 Å². The highest BCUT2D eigenvalue weighted by molar-refractivity contribution is 5.94. The first-order valence-electron chi connectivity index (χ1n) is 10.5. The molecule has 1 aromatic heterocycles. The van der Waals surface area contributed by atoms with Crippen LogP contribution in [0.2, 0.25) is 0 Å². The molecule has 1 fully saturated rings. The molecule has 1 saturated heterocycles. The average Bonchev–Trinajstić information content (AvgIpc) is 3.45. The van der Waals surface area contributed by atoms with Gasteiger partial charge in [-0.1, -0.05) is 12.1 Å². The molecule has 2 aromatic rings. The molecule has 7 heteroatoms. The van der Waals surface area contributed by atoms with E-state index >= 15 is 0 Å². The molecule has 0 bridgehead atoms. The molecule has 1 unspecified atom stereocenters. The Morgan fingerprint density at radius 3 is 2.70 bits per heavy atom. The maximum absolute atomic E-state index is 12.2. The molecule has 3 rings (SSSR count). The number of nitrogens with one attached hydrogen (secondary N) is 2. The smallest absolute Gasteiger partial charge is 0.253 e. The molecular formula is C23H32N4O3. The minimum Gasteiger partial charge on any atom is -0.469 e. The number of aliphatic imine (C=N–C) groups is 1. The molecule has 1 aromatic carbocycles. The van der Waals surface area contributed by atoms with Gasteiger partial charge < -0.3 is 24.7 Å². The van der Waals surface area contributed by atoms with Crippen LogP contribution in [-0.2, 0) is 17.6 Å².